The van der Waals surface area contributed by atoms with E-state index in [1.54, 1.807) is 14.2 Å². The summed E-state index contributed by atoms with van der Waals surface area (Å²) in [7, 11) is 3.45. The number of hydrogen-bond acceptors (Lipinski definition) is 4. The lowest BCUT2D eigenvalue weighted by molar-refractivity contribution is 0.401. The molecule has 0 aliphatic rings. The molecule has 238 valence electrons. The molecule has 0 atom stereocenters. The molecule has 0 fully saturated rings. The number of unbranched alkanes of at least 4 members (excludes halogenated alkanes) is 4. The third-order valence-corrected chi connectivity index (χ3v) is 8.14. The number of methoxy groups -OCH3 is 2. The molecule has 4 heteroatoms. The average Bonchev–Trinajstić information content (AvgIpc) is 3.07. The fourth-order valence-corrected chi connectivity index (χ4v) is 5.31. The van der Waals surface area contributed by atoms with Crippen LogP contribution >= 0.6 is 0 Å². The van der Waals surface area contributed by atoms with Crippen LogP contribution in [0.5, 0.6) is 11.5 Å². The van der Waals surface area contributed by atoms with Gasteiger partial charge in [-0.2, -0.15) is 0 Å². The minimum absolute atomic E-state index is 0.821. The van der Waals surface area contributed by atoms with E-state index in [1.165, 1.54) is 62.7 Å². The van der Waals surface area contributed by atoms with E-state index in [2.05, 4.69) is 122 Å². The van der Waals surface area contributed by atoms with Gasteiger partial charge in [0.15, 0.2) is 0 Å². The fourth-order valence-electron chi connectivity index (χ4n) is 5.31. The van der Waals surface area contributed by atoms with Crippen LogP contribution in [0.15, 0.2) is 60.7 Å². The maximum Gasteiger partial charge on any atom is 0.126 e. The van der Waals surface area contributed by atoms with E-state index in [0.29, 0.717) is 0 Å². The highest BCUT2D eigenvalue weighted by Gasteiger charge is 2.10. The first-order chi connectivity index (χ1) is 21.6. The maximum absolute atomic E-state index is 5.81. The lowest BCUT2D eigenvalue weighted by Crippen LogP contribution is -2.25. The van der Waals surface area contributed by atoms with Crippen LogP contribution in [0, 0.1) is 0 Å². The Kier molecular flexibility index (Phi) is 15.5. The van der Waals surface area contributed by atoms with Crippen LogP contribution in [0.1, 0.15) is 101 Å². The van der Waals surface area contributed by atoms with Crippen molar-refractivity contribution in [3.8, 4) is 11.5 Å². The number of rotatable bonds is 20. The predicted octanol–water partition coefficient (Wildman–Crippen LogP) is 10.9. The van der Waals surface area contributed by atoms with Gasteiger partial charge in [0, 0.05) is 48.7 Å². The Hall–Kier alpha value is -3.66. The van der Waals surface area contributed by atoms with Gasteiger partial charge in [0.25, 0.3) is 0 Å². The number of benzene rings is 3. The zero-order chi connectivity index (χ0) is 31.6. The van der Waals surface area contributed by atoms with Crippen molar-refractivity contribution in [3.63, 3.8) is 0 Å². The summed E-state index contributed by atoms with van der Waals surface area (Å²) in [4.78, 5) is 5.04. The Bertz CT molecular complexity index is 1160. The van der Waals surface area contributed by atoms with E-state index < -0.39 is 0 Å². The van der Waals surface area contributed by atoms with Gasteiger partial charge in [-0.1, -0.05) is 102 Å². The molecule has 0 unspecified atom stereocenters. The molecule has 0 saturated carbocycles. The van der Waals surface area contributed by atoms with Gasteiger partial charge < -0.3 is 19.3 Å². The van der Waals surface area contributed by atoms with Crippen molar-refractivity contribution in [2.24, 2.45) is 0 Å². The van der Waals surface area contributed by atoms with Gasteiger partial charge in [-0.15, -0.1) is 0 Å². The molecule has 0 amide bonds. The molecule has 44 heavy (non-hydrogen) atoms. The highest BCUT2D eigenvalue weighted by Crippen LogP contribution is 2.32. The molecular weight excluding hydrogens is 540 g/mol. The molecule has 3 aromatic rings. The van der Waals surface area contributed by atoms with Crippen LogP contribution in [0.3, 0.4) is 0 Å². The molecule has 0 aliphatic heterocycles. The summed E-state index contributed by atoms with van der Waals surface area (Å²) in [6.07, 6.45) is 18.3. The SMILES string of the molecule is CCCCN(CCCC)c1ccc(/C=C/c2cc(OC)c(/C=C/c3ccc(N(CCCC)CCCC)cc3)cc2OC)cc1. The van der Waals surface area contributed by atoms with Crippen molar-refractivity contribution in [3.05, 3.63) is 82.9 Å². The second-order valence-electron chi connectivity index (χ2n) is 11.6. The van der Waals surface area contributed by atoms with Crippen molar-refractivity contribution in [1.29, 1.82) is 0 Å². The summed E-state index contributed by atoms with van der Waals surface area (Å²) in [6, 6.07) is 21.9. The molecule has 0 aliphatic carbocycles. The quantitative estimate of drug-likeness (QED) is 0.121. The summed E-state index contributed by atoms with van der Waals surface area (Å²) in [6.45, 7) is 13.5. The Morgan fingerprint density at radius 2 is 0.795 bits per heavy atom. The van der Waals surface area contributed by atoms with Crippen LogP contribution in [0.4, 0.5) is 11.4 Å². The van der Waals surface area contributed by atoms with Crippen LogP contribution in [-0.2, 0) is 0 Å². The minimum atomic E-state index is 0.821. The summed E-state index contributed by atoms with van der Waals surface area (Å²) in [5, 5.41) is 0. The van der Waals surface area contributed by atoms with E-state index in [9.17, 15) is 0 Å². The Labute approximate surface area is 268 Å². The normalized spacial score (nSPS) is 11.4. The van der Waals surface area contributed by atoms with Gasteiger partial charge in [-0.25, -0.2) is 0 Å². The van der Waals surface area contributed by atoms with Crippen molar-refractivity contribution < 1.29 is 9.47 Å². The smallest absolute Gasteiger partial charge is 0.126 e. The van der Waals surface area contributed by atoms with E-state index in [4.69, 9.17) is 9.47 Å². The molecule has 4 nitrogen and oxygen atoms in total. The zero-order valence-corrected chi connectivity index (χ0v) is 28.3. The van der Waals surface area contributed by atoms with E-state index in [0.717, 1.165) is 59.9 Å². The number of nitrogens with zero attached hydrogens (tertiary/aromatic N) is 2. The number of anilines is 2. The molecule has 0 bridgehead atoms. The van der Waals surface area contributed by atoms with Crippen molar-refractivity contribution >= 4 is 35.7 Å². The molecular formula is C40H56N2O2. The summed E-state index contributed by atoms with van der Waals surface area (Å²) in [5.74, 6) is 1.64. The molecule has 0 radical (unpaired) electrons. The third kappa shape index (κ3) is 10.8. The largest absolute Gasteiger partial charge is 0.496 e. The minimum Gasteiger partial charge on any atom is -0.496 e. The first-order valence-corrected chi connectivity index (χ1v) is 16.9. The van der Waals surface area contributed by atoms with E-state index in [1.807, 2.05) is 0 Å². The first-order valence-electron chi connectivity index (χ1n) is 16.9. The Morgan fingerprint density at radius 1 is 0.477 bits per heavy atom. The Morgan fingerprint density at radius 3 is 1.07 bits per heavy atom. The van der Waals surface area contributed by atoms with Crippen molar-refractivity contribution in [2.75, 3.05) is 50.2 Å². The molecule has 0 heterocycles. The van der Waals surface area contributed by atoms with Crippen LogP contribution < -0.4 is 19.3 Å². The average molecular weight is 597 g/mol. The molecule has 3 aromatic carbocycles. The highest BCUT2D eigenvalue weighted by molar-refractivity contribution is 5.79. The van der Waals surface area contributed by atoms with Crippen LogP contribution in [0.25, 0.3) is 24.3 Å². The van der Waals surface area contributed by atoms with Crippen molar-refractivity contribution in [2.45, 2.75) is 79.1 Å². The Balaban J connectivity index is 1.75. The van der Waals surface area contributed by atoms with E-state index in [-0.39, 0.29) is 0 Å². The van der Waals surface area contributed by atoms with Gasteiger partial charge in [0.2, 0.25) is 0 Å². The lowest BCUT2D eigenvalue weighted by Gasteiger charge is -2.24. The predicted molar refractivity (Wildman–Crippen MR) is 194 cm³/mol. The fraction of sp³-hybridized carbons (Fsp3) is 0.450. The van der Waals surface area contributed by atoms with E-state index >= 15 is 0 Å². The highest BCUT2D eigenvalue weighted by atomic mass is 16.5. The van der Waals surface area contributed by atoms with Gasteiger partial charge in [0.1, 0.15) is 11.5 Å². The van der Waals surface area contributed by atoms with Crippen LogP contribution in [0.2, 0.25) is 0 Å². The topological polar surface area (TPSA) is 24.9 Å². The molecule has 3 rings (SSSR count). The van der Waals surface area contributed by atoms with Crippen molar-refractivity contribution in [1.82, 2.24) is 0 Å². The number of hydrogen-bond donors (Lipinski definition) is 0. The third-order valence-electron chi connectivity index (χ3n) is 8.14. The van der Waals surface area contributed by atoms with Crippen LogP contribution in [-0.4, -0.2) is 40.4 Å². The van der Waals surface area contributed by atoms with Gasteiger partial charge >= 0.3 is 0 Å². The summed E-state index contributed by atoms with van der Waals surface area (Å²) in [5.41, 5.74) is 6.91. The lowest BCUT2D eigenvalue weighted by atomic mass is 10.0. The molecule has 0 aromatic heterocycles. The monoisotopic (exact) mass is 596 g/mol. The molecule has 0 N–H and O–H groups in total. The second-order valence-corrected chi connectivity index (χ2v) is 11.6. The number of ether oxygens (including phenoxy) is 2. The van der Waals surface area contributed by atoms with Gasteiger partial charge in [-0.05, 0) is 73.2 Å². The summed E-state index contributed by atoms with van der Waals surface area (Å²) < 4.78 is 11.6. The summed E-state index contributed by atoms with van der Waals surface area (Å²) >= 11 is 0. The maximum atomic E-state index is 5.81. The second kappa shape index (κ2) is 19.6. The zero-order valence-electron chi connectivity index (χ0n) is 28.3. The molecule has 0 saturated heterocycles. The first kappa shape index (κ1) is 34.8. The van der Waals surface area contributed by atoms with Gasteiger partial charge in [0.05, 0.1) is 14.2 Å². The molecule has 0 spiro atoms. The standard InChI is InChI=1S/C40H56N2O2/c1-7-11-27-41(28-12-8-2)37-23-17-33(18-24-37)15-21-35-31-40(44-6)36(32-39(35)43-5)22-16-34-19-25-38(26-20-34)42(29-13-9-3)30-14-10-4/h15-26,31-32H,7-14,27-30H2,1-6H3/b21-15+,22-16+. The van der Waals surface area contributed by atoms with Gasteiger partial charge in [-0.3, -0.25) is 0 Å².